The van der Waals surface area contributed by atoms with Crippen LogP contribution in [0.3, 0.4) is 0 Å². The Labute approximate surface area is 143 Å². The number of nitro groups is 1. The molecular weight excluding hydrogens is 341 g/mol. The van der Waals surface area contributed by atoms with Crippen molar-refractivity contribution in [3.8, 4) is 17.2 Å². The van der Waals surface area contributed by atoms with Gasteiger partial charge in [-0.05, 0) is 18.1 Å². The van der Waals surface area contributed by atoms with Gasteiger partial charge in [0.05, 0.1) is 17.1 Å². The standard InChI is InChI=1S/C16H15Cl2NO4/c1-9(2)11-12(17)16(23-10-7-5-4-6-8-10)13(18)14(19(20)21)15(11)22-3/h4-9H,1-3H3. The number of halogens is 2. The first-order chi connectivity index (χ1) is 10.9. The van der Waals surface area contributed by atoms with Crippen molar-refractivity contribution in [1.82, 2.24) is 0 Å². The molecule has 0 aliphatic heterocycles. The Morgan fingerprint density at radius 2 is 1.70 bits per heavy atom. The topological polar surface area (TPSA) is 61.6 Å². The van der Waals surface area contributed by atoms with Crippen molar-refractivity contribution in [2.24, 2.45) is 0 Å². The molecule has 0 heterocycles. The minimum absolute atomic E-state index is 0.0516. The van der Waals surface area contributed by atoms with Crippen molar-refractivity contribution in [2.45, 2.75) is 19.8 Å². The third kappa shape index (κ3) is 3.35. The van der Waals surface area contributed by atoms with E-state index in [2.05, 4.69) is 0 Å². The lowest BCUT2D eigenvalue weighted by atomic mass is 10.00. The van der Waals surface area contributed by atoms with E-state index in [0.29, 0.717) is 11.3 Å². The number of nitro benzene ring substituents is 1. The zero-order valence-electron chi connectivity index (χ0n) is 12.8. The van der Waals surface area contributed by atoms with Gasteiger partial charge in [-0.1, -0.05) is 55.2 Å². The third-order valence-electron chi connectivity index (χ3n) is 3.23. The summed E-state index contributed by atoms with van der Waals surface area (Å²) in [7, 11) is 1.35. The van der Waals surface area contributed by atoms with Crippen LogP contribution in [0.5, 0.6) is 17.2 Å². The molecule has 0 radical (unpaired) electrons. The van der Waals surface area contributed by atoms with E-state index < -0.39 is 4.92 Å². The Bertz CT molecular complexity index is 733. The largest absolute Gasteiger partial charge is 0.490 e. The Morgan fingerprint density at radius 3 is 2.17 bits per heavy atom. The van der Waals surface area contributed by atoms with Gasteiger partial charge in [-0.3, -0.25) is 10.1 Å². The highest BCUT2D eigenvalue weighted by Gasteiger charge is 2.33. The summed E-state index contributed by atoms with van der Waals surface area (Å²) in [6.07, 6.45) is 0. The number of para-hydroxylation sites is 1. The molecule has 122 valence electrons. The highest BCUT2D eigenvalue weighted by Crippen LogP contribution is 2.52. The van der Waals surface area contributed by atoms with Crippen molar-refractivity contribution in [3.63, 3.8) is 0 Å². The molecule has 7 heteroatoms. The van der Waals surface area contributed by atoms with Crippen LogP contribution in [0.2, 0.25) is 10.0 Å². The molecule has 0 aliphatic rings. The number of hydrogen-bond donors (Lipinski definition) is 0. The Hall–Kier alpha value is -1.98. The number of ether oxygens (including phenoxy) is 2. The molecule has 0 saturated heterocycles. The lowest BCUT2D eigenvalue weighted by molar-refractivity contribution is -0.385. The van der Waals surface area contributed by atoms with Crippen LogP contribution in [0.1, 0.15) is 25.3 Å². The molecule has 0 atom stereocenters. The fourth-order valence-electron chi connectivity index (χ4n) is 2.23. The highest BCUT2D eigenvalue weighted by atomic mass is 35.5. The lowest BCUT2D eigenvalue weighted by Crippen LogP contribution is -2.03. The molecule has 2 aromatic rings. The number of benzene rings is 2. The van der Waals surface area contributed by atoms with Crippen molar-refractivity contribution >= 4 is 28.9 Å². The lowest BCUT2D eigenvalue weighted by Gasteiger charge is -2.18. The maximum absolute atomic E-state index is 11.4. The van der Waals surface area contributed by atoms with Gasteiger partial charge < -0.3 is 9.47 Å². The molecular formula is C16H15Cl2NO4. The minimum Gasteiger partial charge on any atom is -0.490 e. The van der Waals surface area contributed by atoms with Crippen molar-refractivity contribution in [3.05, 3.63) is 56.1 Å². The number of rotatable bonds is 5. The Balaban J connectivity index is 2.73. The first-order valence-electron chi connectivity index (χ1n) is 6.84. The van der Waals surface area contributed by atoms with Crippen LogP contribution in [0, 0.1) is 10.1 Å². The normalized spacial score (nSPS) is 10.7. The summed E-state index contributed by atoms with van der Waals surface area (Å²) in [5.41, 5.74) is 0.129. The van der Waals surface area contributed by atoms with Crippen LogP contribution in [-0.2, 0) is 0 Å². The van der Waals surface area contributed by atoms with Crippen LogP contribution in [0.15, 0.2) is 30.3 Å². The SMILES string of the molecule is COc1c(C(C)C)c(Cl)c(Oc2ccccc2)c(Cl)c1[N+](=O)[O-]. The van der Waals surface area contributed by atoms with E-state index >= 15 is 0 Å². The van der Waals surface area contributed by atoms with Crippen molar-refractivity contribution in [1.29, 1.82) is 0 Å². The molecule has 2 rings (SSSR count). The molecule has 0 spiro atoms. The van der Waals surface area contributed by atoms with E-state index in [0.717, 1.165) is 0 Å². The molecule has 0 fully saturated rings. The average molecular weight is 356 g/mol. The molecule has 0 saturated carbocycles. The van der Waals surface area contributed by atoms with E-state index in [1.54, 1.807) is 24.3 Å². The molecule has 0 unspecified atom stereocenters. The number of nitrogens with zero attached hydrogens (tertiary/aromatic N) is 1. The second-order valence-corrected chi connectivity index (χ2v) is 5.84. The summed E-state index contributed by atoms with van der Waals surface area (Å²) >= 11 is 12.6. The fraction of sp³-hybridized carbons (Fsp3) is 0.250. The summed E-state index contributed by atoms with van der Waals surface area (Å²) in [5, 5.41) is 11.4. The first kappa shape index (κ1) is 17.4. The number of methoxy groups -OCH3 is 1. The maximum atomic E-state index is 11.4. The van der Waals surface area contributed by atoms with Gasteiger partial charge in [-0.15, -0.1) is 0 Å². The predicted octanol–water partition coefficient (Wildman–Crippen LogP) is 5.83. The van der Waals surface area contributed by atoms with Crippen LogP contribution in [-0.4, -0.2) is 12.0 Å². The third-order valence-corrected chi connectivity index (χ3v) is 3.96. The van der Waals surface area contributed by atoms with Crippen LogP contribution >= 0.6 is 23.2 Å². The summed E-state index contributed by atoms with van der Waals surface area (Å²) in [4.78, 5) is 10.8. The summed E-state index contributed by atoms with van der Waals surface area (Å²) in [6.45, 7) is 3.71. The van der Waals surface area contributed by atoms with Gasteiger partial charge in [0, 0.05) is 5.56 Å². The maximum Gasteiger partial charge on any atom is 0.333 e. The smallest absolute Gasteiger partial charge is 0.333 e. The molecule has 0 N–H and O–H groups in total. The van der Waals surface area contributed by atoms with Crippen LogP contribution in [0.4, 0.5) is 5.69 Å². The molecule has 23 heavy (non-hydrogen) atoms. The highest BCUT2D eigenvalue weighted by molar-refractivity contribution is 6.39. The monoisotopic (exact) mass is 355 g/mol. The molecule has 0 aliphatic carbocycles. The van der Waals surface area contributed by atoms with Gasteiger partial charge in [0.15, 0.2) is 10.8 Å². The van der Waals surface area contributed by atoms with E-state index in [1.807, 2.05) is 19.9 Å². The van der Waals surface area contributed by atoms with Gasteiger partial charge in [-0.2, -0.15) is 0 Å². The second kappa shape index (κ2) is 7.06. The summed E-state index contributed by atoms with van der Waals surface area (Å²) in [6, 6.07) is 8.79. The molecule has 2 aromatic carbocycles. The van der Waals surface area contributed by atoms with E-state index in [4.69, 9.17) is 32.7 Å². The molecule has 0 aromatic heterocycles. The quantitative estimate of drug-likeness (QED) is 0.500. The van der Waals surface area contributed by atoms with Crippen LogP contribution in [0.25, 0.3) is 0 Å². The van der Waals surface area contributed by atoms with Gasteiger partial charge in [0.2, 0.25) is 5.75 Å². The van der Waals surface area contributed by atoms with E-state index in [1.165, 1.54) is 7.11 Å². The van der Waals surface area contributed by atoms with E-state index in [-0.39, 0.29) is 33.1 Å². The Kier molecular flexibility index (Phi) is 5.34. The van der Waals surface area contributed by atoms with Gasteiger partial charge in [-0.25, -0.2) is 0 Å². The molecule has 0 bridgehead atoms. The number of hydrogen-bond acceptors (Lipinski definition) is 4. The minimum atomic E-state index is -0.596. The van der Waals surface area contributed by atoms with Crippen molar-refractivity contribution in [2.75, 3.05) is 7.11 Å². The molecule has 5 nitrogen and oxygen atoms in total. The molecule has 0 amide bonds. The van der Waals surface area contributed by atoms with Gasteiger partial charge in [0.25, 0.3) is 0 Å². The summed E-state index contributed by atoms with van der Waals surface area (Å²) in [5.74, 6) is 0.466. The Morgan fingerprint density at radius 1 is 1.09 bits per heavy atom. The summed E-state index contributed by atoms with van der Waals surface area (Å²) < 4.78 is 10.9. The van der Waals surface area contributed by atoms with Crippen LogP contribution < -0.4 is 9.47 Å². The second-order valence-electron chi connectivity index (χ2n) is 5.08. The zero-order valence-corrected chi connectivity index (χ0v) is 14.3. The fourth-order valence-corrected chi connectivity index (χ4v) is 3.01. The average Bonchev–Trinajstić information content (AvgIpc) is 2.50. The zero-order chi connectivity index (χ0) is 17.1. The first-order valence-corrected chi connectivity index (χ1v) is 7.60. The van der Waals surface area contributed by atoms with Gasteiger partial charge in [0.1, 0.15) is 5.75 Å². The van der Waals surface area contributed by atoms with E-state index in [9.17, 15) is 10.1 Å². The van der Waals surface area contributed by atoms with Crippen molar-refractivity contribution < 1.29 is 14.4 Å². The predicted molar refractivity (Wildman–Crippen MR) is 90.3 cm³/mol. The van der Waals surface area contributed by atoms with Gasteiger partial charge >= 0.3 is 5.69 Å².